The summed E-state index contributed by atoms with van der Waals surface area (Å²) in [5.74, 6) is 0.0158. The number of allylic oxidation sites excluding steroid dienone is 1. The molecule has 5 heteroatoms. The van der Waals surface area contributed by atoms with E-state index in [1.165, 1.54) is 18.2 Å². The molecule has 0 fully saturated rings. The Hall–Kier alpha value is -2.66. The van der Waals surface area contributed by atoms with Crippen LogP contribution in [0.2, 0.25) is 0 Å². The Morgan fingerprint density at radius 3 is 2.79 bits per heavy atom. The zero-order valence-corrected chi connectivity index (χ0v) is 13.5. The lowest BCUT2D eigenvalue weighted by Crippen LogP contribution is -2.21. The van der Waals surface area contributed by atoms with E-state index in [-0.39, 0.29) is 24.9 Å². The molecule has 126 valence electrons. The van der Waals surface area contributed by atoms with Gasteiger partial charge in [-0.1, -0.05) is 30.3 Å². The summed E-state index contributed by atoms with van der Waals surface area (Å²) in [6.45, 7) is 2.18. The van der Waals surface area contributed by atoms with Crippen molar-refractivity contribution in [2.75, 3.05) is 13.2 Å². The van der Waals surface area contributed by atoms with Gasteiger partial charge >= 0.3 is 0 Å². The normalized spacial score (nSPS) is 11.2. The van der Waals surface area contributed by atoms with Gasteiger partial charge in [0, 0.05) is 18.2 Å². The monoisotopic (exact) mass is 329 g/mol. The summed E-state index contributed by atoms with van der Waals surface area (Å²) in [7, 11) is 0. The quantitative estimate of drug-likeness (QED) is 0.768. The second-order valence-electron chi connectivity index (χ2n) is 5.24. The lowest BCUT2D eigenvalue weighted by Gasteiger charge is -2.11. The molecule has 0 aliphatic carbocycles. The van der Waals surface area contributed by atoms with Crippen molar-refractivity contribution in [2.45, 2.75) is 13.5 Å². The number of benzene rings is 2. The number of carbonyl (C=O) groups excluding carboxylic acids is 1. The molecule has 0 bridgehead atoms. The summed E-state index contributed by atoms with van der Waals surface area (Å²) in [5.41, 5.74) is 2.16. The first-order chi connectivity index (χ1) is 11.6. The van der Waals surface area contributed by atoms with Crippen molar-refractivity contribution in [1.82, 2.24) is 5.32 Å². The predicted octanol–water partition coefficient (Wildman–Crippen LogP) is 2.92. The van der Waals surface area contributed by atoms with Crippen LogP contribution in [0.15, 0.2) is 54.6 Å². The van der Waals surface area contributed by atoms with Gasteiger partial charge in [0.1, 0.15) is 18.2 Å². The van der Waals surface area contributed by atoms with Gasteiger partial charge < -0.3 is 15.2 Å². The fraction of sp³-hybridized carbons (Fsp3) is 0.211. The number of hydrogen-bond donors (Lipinski definition) is 2. The highest BCUT2D eigenvalue weighted by Gasteiger charge is 2.05. The van der Waals surface area contributed by atoms with Crippen LogP contribution in [-0.2, 0) is 11.3 Å². The summed E-state index contributed by atoms with van der Waals surface area (Å²) < 4.78 is 18.6. The maximum absolute atomic E-state index is 13.2. The molecule has 1 amide bonds. The van der Waals surface area contributed by atoms with E-state index < -0.39 is 0 Å². The summed E-state index contributed by atoms with van der Waals surface area (Å²) in [6, 6.07) is 13.4. The van der Waals surface area contributed by atoms with Crippen LogP contribution in [0.25, 0.3) is 5.57 Å². The number of aliphatic hydroxyl groups excluding tert-OH is 1. The van der Waals surface area contributed by atoms with Gasteiger partial charge in [-0.2, -0.15) is 0 Å². The Morgan fingerprint density at radius 2 is 2.04 bits per heavy atom. The molecule has 24 heavy (non-hydrogen) atoms. The summed E-state index contributed by atoms with van der Waals surface area (Å²) in [5, 5.41) is 11.6. The molecular formula is C19H20FNO3. The zero-order valence-electron chi connectivity index (χ0n) is 13.5. The first-order valence-corrected chi connectivity index (χ1v) is 7.64. The summed E-state index contributed by atoms with van der Waals surface area (Å²) in [6.07, 6.45) is 1.44. The summed E-state index contributed by atoms with van der Waals surface area (Å²) in [4.78, 5) is 12.0. The van der Waals surface area contributed by atoms with E-state index in [2.05, 4.69) is 5.32 Å². The van der Waals surface area contributed by atoms with Gasteiger partial charge in [0.25, 0.3) is 0 Å². The number of amides is 1. The first kappa shape index (κ1) is 17.7. The van der Waals surface area contributed by atoms with Crippen LogP contribution in [0, 0.1) is 5.82 Å². The molecule has 0 radical (unpaired) electrons. The molecule has 0 saturated carbocycles. The molecule has 0 unspecified atom stereocenters. The molecule has 2 aromatic carbocycles. The van der Waals surface area contributed by atoms with Crippen LogP contribution in [0.5, 0.6) is 5.75 Å². The number of halogens is 1. The third kappa shape index (κ3) is 5.21. The number of hydrogen-bond acceptors (Lipinski definition) is 3. The molecule has 2 N–H and O–H groups in total. The number of rotatable bonds is 7. The van der Waals surface area contributed by atoms with Crippen molar-refractivity contribution in [1.29, 1.82) is 0 Å². The Balaban J connectivity index is 1.99. The minimum atomic E-state index is -0.337. The van der Waals surface area contributed by atoms with Crippen LogP contribution in [0.4, 0.5) is 4.39 Å². The zero-order chi connectivity index (χ0) is 17.4. The van der Waals surface area contributed by atoms with Crippen molar-refractivity contribution in [2.24, 2.45) is 0 Å². The van der Waals surface area contributed by atoms with Crippen molar-refractivity contribution in [3.05, 3.63) is 71.6 Å². The van der Waals surface area contributed by atoms with Crippen molar-refractivity contribution in [3.8, 4) is 5.75 Å². The van der Waals surface area contributed by atoms with E-state index >= 15 is 0 Å². The van der Waals surface area contributed by atoms with Crippen LogP contribution >= 0.6 is 0 Å². The van der Waals surface area contributed by atoms with E-state index in [0.717, 1.165) is 5.56 Å². The minimum absolute atomic E-state index is 0.0732. The van der Waals surface area contributed by atoms with Crippen LogP contribution in [0.3, 0.4) is 0 Å². The van der Waals surface area contributed by atoms with Gasteiger partial charge in [-0.25, -0.2) is 4.39 Å². The number of para-hydroxylation sites is 1. The van der Waals surface area contributed by atoms with Gasteiger partial charge in [-0.3, -0.25) is 4.79 Å². The van der Waals surface area contributed by atoms with Gasteiger partial charge in [0.05, 0.1) is 6.61 Å². The van der Waals surface area contributed by atoms with E-state index in [9.17, 15) is 9.18 Å². The molecule has 0 aromatic heterocycles. The standard InChI is InChI=1S/C19H20FNO3/c1-14(15-6-4-7-17(20)12-15)11-19(23)21-13-16-5-2-3-8-18(16)24-10-9-22/h2-8,11-12,22H,9-10,13H2,1H3,(H,21,23)/b14-11-. The highest BCUT2D eigenvalue weighted by Crippen LogP contribution is 2.18. The minimum Gasteiger partial charge on any atom is -0.491 e. The lowest BCUT2D eigenvalue weighted by molar-refractivity contribution is -0.116. The van der Waals surface area contributed by atoms with Crippen molar-refractivity contribution < 1.29 is 19.0 Å². The molecule has 4 nitrogen and oxygen atoms in total. The Labute approximate surface area is 140 Å². The number of nitrogens with one attached hydrogen (secondary N) is 1. The average molecular weight is 329 g/mol. The molecule has 0 spiro atoms. The van der Waals surface area contributed by atoms with Crippen molar-refractivity contribution in [3.63, 3.8) is 0 Å². The van der Waals surface area contributed by atoms with Crippen LogP contribution in [0.1, 0.15) is 18.1 Å². The molecule has 0 aliphatic heterocycles. The van der Waals surface area contributed by atoms with E-state index in [4.69, 9.17) is 9.84 Å². The maximum atomic E-state index is 13.2. The SMILES string of the molecule is C/C(=C/C(=O)NCc1ccccc1OCCO)c1cccc(F)c1. The van der Waals surface area contributed by atoms with Gasteiger partial charge in [-0.05, 0) is 36.3 Å². The lowest BCUT2D eigenvalue weighted by atomic mass is 10.1. The molecule has 0 aliphatic rings. The van der Waals surface area contributed by atoms with E-state index in [0.29, 0.717) is 23.4 Å². The summed E-state index contributed by atoms with van der Waals surface area (Å²) >= 11 is 0. The Kier molecular flexibility index (Phi) is 6.51. The molecule has 2 rings (SSSR count). The topological polar surface area (TPSA) is 58.6 Å². The highest BCUT2D eigenvalue weighted by molar-refractivity contribution is 5.94. The second kappa shape index (κ2) is 8.84. The fourth-order valence-electron chi connectivity index (χ4n) is 2.19. The maximum Gasteiger partial charge on any atom is 0.244 e. The average Bonchev–Trinajstić information content (AvgIpc) is 2.58. The largest absolute Gasteiger partial charge is 0.491 e. The number of aliphatic hydroxyl groups is 1. The Bertz CT molecular complexity index is 728. The number of ether oxygens (including phenoxy) is 1. The second-order valence-corrected chi connectivity index (χ2v) is 5.24. The highest BCUT2D eigenvalue weighted by atomic mass is 19.1. The smallest absolute Gasteiger partial charge is 0.244 e. The third-order valence-electron chi connectivity index (χ3n) is 3.40. The number of carbonyl (C=O) groups is 1. The predicted molar refractivity (Wildman–Crippen MR) is 90.9 cm³/mol. The third-order valence-corrected chi connectivity index (χ3v) is 3.40. The van der Waals surface area contributed by atoms with Crippen LogP contribution < -0.4 is 10.1 Å². The van der Waals surface area contributed by atoms with E-state index in [1.54, 1.807) is 25.1 Å². The molecule has 0 saturated heterocycles. The van der Waals surface area contributed by atoms with Gasteiger partial charge in [0.15, 0.2) is 0 Å². The van der Waals surface area contributed by atoms with Gasteiger partial charge in [-0.15, -0.1) is 0 Å². The molecule has 0 atom stereocenters. The van der Waals surface area contributed by atoms with Gasteiger partial charge in [0.2, 0.25) is 5.91 Å². The molecular weight excluding hydrogens is 309 g/mol. The molecule has 2 aromatic rings. The fourth-order valence-corrected chi connectivity index (χ4v) is 2.19. The Morgan fingerprint density at radius 1 is 1.25 bits per heavy atom. The van der Waals surface area contributed by atoms with E-state index in [1.807, 2.05) is 18.2 Å². The first-order valence-electron chi connectivity index (χ1n) is 7.64. The molecule has 0 heterocycles. The van der Waals surface area contributed by atoms with Crippen LogP contribution in [-0.4, -0.2) is 24.2 Å². The van der Waals surface area contributed by atoms with Crippen molar-refractivity contribution >= 4 is 11.5 Å².